The van der Waals surface area contributed by atoms with Gasteiger partial charge in [0.15, 0.2) is 0 Å². The Morgan fingerprint density at radius 3 is 1.94 bits per heavy atom. The summed E-state index contributed by atoms with van der Waals surface area (Å²) < 4.78 is 15.6. The van der Waals surface area contributed by atoms with Crippen LogP contribution in [0, 0.1) is 0 Å². The van der Waals surface area contributed by atoms with Crippen LogP contribution in [0.4, 0.5) is 4.39 Å². The first-order chi connectivity index (χ1) is 8.80. The SMILES string of the molecule is FC1CCNCCCNCCCNCCC[N]1[Ti]. The molecular weight excluding hydrogens is 267 g/mol. The van der Waals surface area contributed by atoms with Crippen LogP contribution in [0.3, 0.4) is 0 Å². The predicted molar refractivity (Wildman–Crippen MR) is 68.7 cm³/mol. The van der Waals surface area contributed by atoms with Gasteiger partial charge in [-0.3, -0.25) is 0 Å². The van der Waals surface area contributed by atoms with E-state index < -0.39 is 6.30 Å². The minimum atomic E-state index is -0.816. The molecule has 18 heavy (non-hydrogen) atoms. The van der Waals surface area contributed by atoms with E-state index in [1.165, 1.54) is 0 Å². The van der Waals surface area contributed by atoms with E-state index in [0.717, 1.165) is 65.1 Å². The van der Waals surface area contributed by atoms with Crippen molar-refractivity contribution in [2.24, 2.45) is 0 Å². The molecule has 1 saturated heterocycles. The fraction of sp³-hybridized carbons (Fsp3) is 1.00. The fourth-order valence-corrected chi connectivity index (χ4v) is 2.39. The summed E-state index contributed by atoms with van der Waals surface area (Å²) in [6, 6.07) is 0. The fourth-order valence-electron chi connectivity index (χ4n) is 1.94. The number of hydrogen-bond donors (Lipinski definition) is 3. The van der Waals surface area contributed by atoms with Crippen molar-refractivity contribution >= 4 is 0 Å². The van der Waals surface area contributed by atoms with Crippen molar-refractivity contribution in [1.82, 2.24) is 19.3 Å². The second-order valence-electron chi connectivity index (χ2n) is 4.73. The summed E-state index contributed by atoms with van der Waals surface area (Å²) in [5, 5.41) is 10.1. The van der Waals surface area contributed by atoms with Crippen molar-refractivity contribution in [2.45, 2.75) is 32.0 Å². The molecule has 0 aliphatic carbocycles. The Kier molecular flexibility index (Phi) is 10.4. The summed E-state index contributed by atoms with van der Waals surface area (Å²) in [6.07, 6.45) is 3.05. The molecule has 0 radical (unpaired) electrons. The summed E-state index contributed by atoms with van der Waals surface area (Å²) in [7, 11) is 0. The Morgan fingerprint density at radius 2 is 1.33 bits per heavy atom. The van der Waals surface area contributed by atoms with Gasteiger partial charge in [-0.25, -0.2) is 0 Å². The van der Waals surface area contributed by atoms with Crippen LogP contribution in [0.15, 0.2) is 0 Å². The Bertz CT molecular complexity index is 177. The van der Waals surface area contributed by atoms with Gasteiger partial charge in [0, 0.05) is 0 Å². The van der Waals surface area contributed by atoms with Crippen LogP contribution >= 0.6 is 0 Å². The molecule has 1 aliphatic rings. The van der Waals surface area contributed by atoms with E-state index in [2.05, 4.69) is 16.0 Å². The molecule has 3 N–H and O–H groups in total. The summed E-state index contributed by atoms with van der Waals surface area (Å²) in [4.78, 5) is 0. The molecule has 0 amide bonds. The number of halogens is 1. The molecule has 1 atom stereocenters. The maximum absolute atomic E-state index is 13.7. The average Bonchev–Trinajstić information content (AvgIpc) is 2.37. The molecule has 1 rings (SSSR count). The maximum atomic E-state index is 13.7. The van der Waals surface area contributed by atoms with Gasteiger partial charge in [0.25, 0.3) is 0 Å². The molecule has 0 aromatic heterocycles. The van der Waals surface area contributed by atoms with E-state index in [1.54, 1.807) is 0 Å². The molecule has 1 heterocycles. The van der Waals surface area contributed by atoms with Gasteiger partial charge < -0.3 is 0 Å². The van der Waals surface area contributed by atoms with Crippen molar-refractivity contribution in [2.75, 3.05) is 45.8 Å². The number of nitrogens with one attached hydrogen (secondary N) is 3. The molecule has 1 fully saturated rings. The summed E-state index contributed by atoms with van der Waals surface area (Å²) in [5.41, 5.74) is 0. The Balaban J connectivity index is 2.19. The van der Waals surface area contributed by atoms with Gasteiger partial charge in [-0.2, -0.15) is 0 Å². The van der Waals surface area contributed by atoms with Crippen molar-refractivity contribution in [3.05, 3.63) is 0 Å². The molecule has 1 unspecified atom stereocenters. The molecule has 0 saturated carbocycles. The van der Waals surface area contributed by atoms with Gasteiger partial charge in [-0.15, -0.1) is 0 Å². The third-order valence-corrected chi connectivity index (χ3v) is 3.85. The van der Waals surface area contributed by atoms with Crippen LogP contribution in [0.25, 0.3) is 0 Å². The summed E-state index contributed by atoms with van der Waals surface area (Å²) in [5.74, 6) is 0. The Morgan fingerprint density at radius 1 is 0.833 bits per heavy atom. The zero-order valence-corrected chi connectivity index (χ0v) is 12.7. The standard InChI is InChI=1S/C12H26FN4.Ti/c13-12-4-11-16-8-2-7-14-5-1-6-15-9-3-10-17-12;/h12,14-16H,1-11H2;/q-1;+1. The predicted octanol–water partition coefficient (Wildman–Crippen LogP) is 0.389. The van der Waals surface area contributed by atoms with Gasteiger partial charge in [-0.1, -0.05) is 0 Å². The summed E-state index contributed by atoms with van der Waals surface area (Å²) in [6.45, 7) is 6.73. The molecule has 0 bridgehead atoms. The Hall–Kier alpha value is 0.484. The van der Waals surface area contributed by atoms with Crippen LogP contribution in [0.2, 0.25) is 0 Å². The molecule has 1 aliphatic heterocycles. The van der Waals surface area contributed by atoms with Gasteiger partial charge in [-0.05, 0) is 0 Å². The zero-order chi connectivity index (χ0) is 13.1. The number of rotatable bonds is 0. The van der Waals surface area contributed by atoms with Crippen LogP contribution in [-0.2, 0) is 20.7 Å². The first-order valence-corrected chi connectivity index (χ1v) is 7.74. The first kappa shape index (κ1) is 16.5. The second-order valence-corrected chi connectivity index (χ2v) is 5.62. The molecule has 0 aromatic carbocycles. The van der Waals surface area contributed by atoms with E-state index in [9.17, 15) is 4.39 Å². The van der Waals surface area contributed by atoms with Crippen molar-refractivity contribution < 1.29 is 25.1 Å². The van der Waals surface area contributed by atoms with Gasteiger partial charge in [0.2, 0.25) is 0 Å². The van der Waals surface area contributed by atoms with Gasteiger partial charge >= 0.3 is 122 Å². The molecule has 6 heteroatoms. The monoisotopic (exact) mass is 293 g/mol. The number of alkyl halides is 1. The summed E-state index contributed by atoms with van der Waals surface area (Å²) >= 11 is 1.87. The Labute approximate surface area is 122 Å². The van der Waals surface area contributed by atoms with Gasteiger partial charge in [0.1, 0.15) is 0 Å². The zero-order valence-electron chi connectivity index (χ0n) is 11.2. The van der Waals surface area contributed by atoms with E-state index in [-0.39, 0.29) is 0 Å². The second kappa shape index (κ2) is 11.3. The first-order valence-electron chi connectivity index (χ1n) is 7.05. The normalized spacial score (nSPS) is 27.9. The van der Waals surface area contributed by atoms with E-state index in [0.29, 0.717) is 6.42 Å². The number of nitrogens with zero attached hydrogens (tertiary/aromatic N) is 1. The van der Waals surface area contributed by atoms with Crippen LogP contribution in [0.1, 0.15) is 25.7 Å². The third-order valence-electron chi connectivity index (χ3n) is 3.06. The molecule has 0 aromatic rings. The van der Waals surface area contributed by atoms with Crippen LogP contribution in [0.5, 0.6) is 0 Å². The third kappa shape index (κ3) is 8.56. The quantitative estimate of drug-likeness (QED) is 0.446. The van der Waals surface area contributed by atoms with E-state index in [4.69, 9.17) is 0 Å². The van der Waals surface area contributed by atoms with Crippen molar-refractivity contribution in [3.63, 3.8) is 0 Å². The average molecular weight is 293 g/mol. The van der Waals surface area contributed by atoms with E-state index in [1.807, 2.05) is 24.1 Å². The topological polar surface area (TPSA) is 39.3 Å². The molecule has 105 valence electrons. The van der Waals surface area contributed by atoms with Crippen LogP contribution in [-0.4, -0.2) is 55.5 Å². The number of hydrogen-bond acceptors (Lipinski definition) is 4. The van der Waals surface area contributed by atoms with Crippen molar-refractivity contribution in [1.29, 1.82) is 0 Å². The minimum absolute atomic E-state index is 0.581. The van der Waals surface area contributed by atoms with Gasteiger partial charge in [0.05, 0.1) is 0 Å². The molecular formula is C12H26FN4Ti. The molecule has 0 spiro atoms. The van der Waals surface area contributed by atoms with Crippen LogP contribution < -0.4 is 16.0 Å². The van der Waals surface area contributed by atoms with E-state index >= 15 is 0 Å². The molecule has 4 nitrogen and oxygen atoms in total. The van der Waals surface area contributed by atoms with Crippen molar-refractivity contribution in [3.8, 4) is 0 Å².